The van der Waals surface area contributed by atoms with Crippen LogP contribution < -0.4 is 4.90 Å². The fourth-order valence-electron chi connectivity index (χ4n) is 3.17. The number of carboxylic acid groups (broad SMARTS) is 1. The topological polar surface area (TPSA) is 45.5 Å². The molecule has 0 spiro atoms. The number of carbonyl (C=O) groups is 1. The molecule has 0 bridgehead atoms. The number of benzene rings is 2. The van der Waals surface area contributed by atoms with Crippen molar-refractivity contribution in [2.24, 2.45) is 0 Å². The molecule has 25 heavy (non-hydrogen) atoms. The molecule has 0 aliphatic rings. The van der Waals surface area contributed by atoms with Gasteiger partial charge in [-0.3, -0.25) is 0 Å². The monoisotopic (exact) mass is 420 g/mol. The van der Waals surface area contributed by atoms with E-state index in [0.29, 0.717) is 23.8 Å². The fraction of sp³-hybridized carbons (Fsp3) is 0.211. The Morgan fingerprint density at radius 1 is 1.20 bits per heavy atom. The van der Waals surface area contributed by atoms with E-state index in [-0.39, 0.29) is 5.69 Å². The molecule has 3 aromatic rings. The second kappa shape index (κ2) is 7.10. The maximum absolute atomic E-state index is 12.2. The van der Waals surface area contributed by atoms with Gasteiger partial charge in [-0.1, -0.05) is 29.8 Å². The molecule has 1 aromatic heterocycles. The van der Waals surface area contributed by atoms with Crippen molar-refractivity contribution in [1.29, 1.82) is 0 Å². The van der Waals surface area contributed by atoms with Crippen LogP contribution in [0.1, 0.15) is 24.3 Å². The summed E-state index contributed by atoms with van der Waals surface area (Å²) in [4.78, 5) is 14.3. The van der Waals surface area contributed by atoms with Crippen LogP contribution >= 0.6 is 27.5 Å². The molecule has 0 aliphatic carbocycles. The van der Waals surface area contributed by atoms with Crippen molar-refractivity contribution < 1.29 is 9.90 Å². The summed E-state index contributed by atoms with van der Waals surface area (Å²) in [6.07, 6.45) is 0. The average molecular weight is 422 g/mol. The molecule has 6 heteroatoms. The Morgan fingerprint density at radius 3 is 2.40 bits per heavy atom. The molecule has 0 atom stereocenters. The Bertz CT molecular complexity index is 934. The summed E-state index contributed by atoms with van der Waals surface area (Å²) in [5.74, 6) is -0.964. The molecule has 0 saturated heterocycles. The highest BCUT2D eigenvalue weighted by Gasteiger charge is 2.27. The van der Waals surface area contributed by atoms with Gasteiger partial charge in [-0.2, -0.15) is 0 Å². The summed E-state index contributed by atoms with van der Waals surface area (Å²) < 4.78 is 2.52. The van der Waals surface area contributed by atoms with Gasteiger partial charge in [0.1, 0.15) is 0 Å². The molecule has 0 unspecified atom stereocenters. The molecule has 0 amide bonds. The fourth-order valence-corrected chi connectivity index (χ4v) is 3.66. The number of hydrogen-bond acceptors (Lipinski definition) is 2. The van der Waals surface area contributed by atoms with Gasteiger partial charge in [0.25, 0.3) is 0 Å². The van der Waals surface area contributed by atoms with Crippen LogP contribution in [-0.2, 0) is 0 Å². The summed E-state index contributed by atoms with van der Waals surface area (Å²) >= 11 is 9.77. The van der Waals surface area contributed by atoms with Crippen molar-refractivity contribution in [2.45, 2.75) is 13.8 Å². The van der Waals surface area contributed by atoms with Crippen LogP contribution in [0.5, 0.6) is 0 Å². The molecule has 1 N–H and O–H groups in total. The summed E-state index contributed by atoms with van der Waals surface area (Å²) in [6, 6.07) is 13.2. The first-order chi connectivity index (χ1) is 12.0. The highest BCUT2D eigenvalue weighted by atomic mass is 79.9. The maximum Gasteiger partial charge on any atom is 0.355 e. The van der Waals surface area contributed by atoms with E-state index in [0.717, 1.165) is 21.1 Å². The number of anilines is 1. The lowest BCUT2D eigenvalue weighted by Gasteiger charge is -2.21. The molecular weight excluding hydrogens is 404 g/mol. The minimum Gasteiger partial charge on any atom is -0.476 e. The minimum absolute atomic E-state index is 0.249. The van der Waals surface area contributed by atoms with Crippen molar-refractivity contribution in [1.82, 2.24) is 4.57 Å². The largest absolute Gasteiger partial charge is 0.476 e. The Balaban J connectivity index is 2.51. The minimum atomic E-state index is -0.964. The zero-order valence-corrected chi connectivity index (χ0v) is 16.3. The Hall–Kier alpha value is -1.98. The van der Waals surface area contributed by atoms with Crippen molar-refractivity contribution in [3.05, 3.63) is 57.7 Å². The summed E-state index contributed by atoms with van der Waals surface area (Å²) in [6.45, 7) is 5.44. The summed E-state index contributed by atoms with van der Waals surface area (Å²) in [7, 11) is 0. The van der Waals surface area contributed by atoms with E-state index in [1.807, 2.05) is 56.3 Å². The number of aromatic nitrogens is 1. The standard InChI is InChI=1S/C19H18BrClN2O2/c1-3-22(4-2)17-13-10-15(21)14(20)11-16(13)23(18(17)19(24)25)12-8-6-5-7-9-12/h5-11H,3-4H2,1-2H3,(H,24,25). The van der Waals surface area contributed by atoms with E-state index < -0.39 is 5.97 Å². The number of para-hydroxylation sites is 1. The van der Waals surface area contributed by atoms with E-state index in [1.54, 1.807) is 4.57 Å². The van der Waals surface area contributed by atoms with Crippen LogP contribution in [-0.4, -0.2) is 28.7 Å². The first-order valence-electron chi connectivity index (χ1n) is 8.06. The smallest absolute Gasteiger partial charge is 0.355 e. The van der Waals surface area contributed by atoms with Gasteiger partial charge >= 0.3 is 5.97 Å². The van der Waals surface area contributed by atoms with Crippen LogP contribution in [0.15, 0.2) is 46.9 Å². The number of hydrogen-bond donors (Lipinski definition) is 1. The SMILES string of the molecule is CCN(CC)c1c(C(=O)O)n(-c2ccccc2)c2cc(Br)c(Cl)cc12. The predicted molar refractivity (Wildman–Crippen MR) is 107 cm³/mol. The Kier molecular flexibility index (Phi) is 5.06. The molecule has 0 saturated carbocycles. The van der Waals surface area contributed by atoms with Crippen molar-refractivity contribution >= 4 is 50.1 Å². The third kappa shape index (κ3) is 3.02. The van der Waals surface area contributed by atoms with Crippen LogP contribution in [0.3, 0.4) is 0 Å². The van der Waals surface area contributed by atoms with E-state index in [1.165, 1.54) is 0 Å². The van der Waals surface area contributed by atoms with Gasteiger partial charge in [0.15, 0.2) is 5.69 Å². The second-order valence-electron chi connectivity index (χ2n) is 5.63. The number of aromatic carboxylic acids is 1. The molecule has 4 nitrogen and oxygen atoms in total. The van der Waals surface area contributed by atoms with Crippen LogP contribution in [0, 0.1) is 0 Å². The lowest BCUT2D eigenvalue weighted by atomic mass is 10.2. The lowest BCUT2D eigenvalue weighted by Crippen LogP contribution is -2.24. The van der Waals surface area contributed by atoms with Crippen LogP contribution in [0.25, 0.3) is 16.6 Å². The van der Waals surface area contributed by atoms with Gasteiger partial charge in [-0.05, 0) is 54.0 Å². The van der Waals surface area contributed by atoms with Gasteiger partial charge in [-0.25, -0.2) is 4.79 Å². The third-order valence-corrected chi connectivity index (χ3v) is 5.48. The Morgan fingerprint density at radius 2 is 1.84 bits per heavy atom. The zero-order valence-electron chi connectivity index (χ0n) is 14.0. The molecule has 130 valence electrons. The lowest BCUT2D eigenvalue weighted by molar-refractivity contribution is 0.0689. The molecule has 1 heterocycles. The highest BCUT2D eigenvalue weighted by molar-refractivity contribution is 9.10. The number of halogens is 2. The van der Waals surface area contributed by atoms with E-state index >= 15 is 0 Å². The van der Waals surface area contributed by atoms with Crippen molar-refractivity contribution in [2.75, 3.05) is 18.0 Å². The van der Waals surface area contributed by atoms with Gasteiger partial charge in [0.05, 0.1) is 16.2 Å². The van der Waals surface area contributed by atoms with E-state index in [2.05, 4.69) is 20.8 Å². The first kappa shape index (κ1) is 17.8. The molecule has 3 rings (SSSR count). The predicted octanol–water partition coefficient (Wildman–Crippen LogP) is 5.59. The molecule has 0 fully saturated rings. The quantitative estimate of drug-likeness (QED) is 0.584. The number of rotatable bonds is 5. The normalized spacial score (nSPS) is 11.0. The van der Waals surface area contributed by atoms with Gasteiger partial charge in [-0.15, -0.1) is 0 Å². The van der Waals surface area contributed by atoms with E-state index in [4.69, 9.17) is 11.6 Å². The number of carboxylic acids is 1. The summed E-state index contributed by atoms with van der Waals surface area (Å²) in [5, 5.41) is 11.4. The van der Waals surface area contributed by atoms with Gasteiger partial charge < -0.3 is 14.6 Å². The molecular formula is C19H18BrClN2O2. The van der Waals surface area contributed by atoms with Crippen molar-refractivity contribution in [3.63, 3.8) is 0 Å². The number of fused-ring (bicyclic) bond motifs is 1. The first-order valence-corrected chi connectivity index (χ1v) is 9.23. The van der Waals surface area contributed by atoms with Gasteiger partial charge in [0.2, 0.25) is 0 Å². The van der Waals surface area contributed by atoms with Gasteiger partial charge in [0, 0.05) is 28.6 Å². The Labute approximate surface area is 159 Å². The maximum atomic E-state index is 12.2. The zero-order chi connectivity index (χ0) is 18.1. The second-order valence-corrected chi connectivity index (χ2v) is 6.89. The highest BCUT2D eigenvalue weighted by Crippen LogP contribution is 2.40. The molecule has 2 aromatic carbocycles. The number of nitrogens with zero attached hydrogens (tertiary/aromatic N) is 2. The van der Waals surface area contributed by atoms with E-state index in [9.17, 15) is 9.90 Å². The molecule has 0 aliphatic heterocycles. The van der Waals surface area contributed by atoms with Crippen molar-refractivity contribution in [3.8, 4) is 5.69 Å². The summed E-state index contributed by atoms with van der Waals surface area (Å²) in [5.41, 5.74) is 2.56. The molecule has 0 radical (unpaired) electrons. The van der Waals surface area contributed by atoms with Crippen LogP contribution in [0.4, 0.5) is 5.69 Å². The average Bonchev–Trinajstić information content (AvgIpc) is 2.92. The third-order valence-electron chi connectivity index (χ3n) is 4.28. The van der Waals surface area contributed by atoms with Crippen LogP contribution in [0.2, 0.25) is 5.02 Å².